The van der Waals surface area contributed by atoms with Crippen LogP contribution < -0.4 is 0 Å². The van der Waals surface area contributed by atoms with Gasteiger partial charge in [-0.1, -0.05) is 117 Å². The molecule has 0 amide bonds. The monoisotopic (exact) mass is 610 g/mol. The van der Waals surface area contributed by atoms with Crippen molar-refractivity contribution in [2.45, 2.75) is 20.3 Å². The van der Waals surface area contributed by atoms with E-state index in [1.165, 1.54) is 42.2 Å². The fraction of sp³-hybridized carbons (Fsp3) is 0.0952. The Morgan fingerprint density at radius 1 is 0.630 bits per heavy atom. The van der Waals surface area contributed by atoms with Crippen LogP contribution in [0.5, 0.6) is 0 Å². The molecular weight excluding hydrogens is 581 g/mol. The summed E-state index contributed by atoms with van der Waals surface area (Å²) in [5.74, 6) is 1.27. The van der Waals surface area contributed by atoms with E-state index in [1.54, 1.807) is 0 Å². The molecule has 0 spiro atoms. The van der Waals surface area contributed by atoms with Crippen LogP contribution in [0, 0.1) is 5.92 Å². The second-order valence-electron chi connectivity index (χ2n) is 12.5. The largest absolute Gasteiger partial charge is 0.452 e. The zero-order chi connectivity index (χ0) is 30.8. The molecule has 220 valence electrons. The van der Waals surface area contributed by atoms with Gasteiger partial charge in [0, 0.05) is 32.2 Å². The van der Waals surface area contributed by atoms with E-state index in [0.717, 1.165) is 56.5 Å². The fourth-order valence-electron chi connectivity index (χ4n) is 6.79. The van der Waals surface area contributed by atoms with Gasteiger partial charge in [0.2, 0.25) is 0 Å². The Balaban J connectivity index is 1.20. The van der Waals surface area contributed by atoms with Crippen molar-refractivity contribution in [3.8, 4) is 33.5 Å². The summed E-state index contributed by atoms with van der Waals surface area (Å²) in [6.45, 7) is 4.42. The number of hydrogen-bond acceptors (Lipinski definition) is 4. The Labute approximate surface area is 270 Å². The molecule has 0 radical (unpaired) electrons. The Hall–Kier alpha value is -5.32. The van der Waals surface area contributed by atoms with Crippen LogP contribution in [0.15, 0.2) is 132 Å². The number of furan rings is 1. The van der Waals surface area contributed by atoms with E-state index >= 15 is 0 Å². The summed E-state index contributed by atoms with van der Waals surface area (Å²) >= 11 is 1.87. The lowest BCUT2D eigenvalue weighted by molar-refractivity contribution is 0.620. The molecule has 0 aliphatic carbocycles. The van der Waals surface area contributed by atoms with E-state index in [4.69, 9.17) is 14.4 Å². The Kier molecular flexibility index (Phi) is 6.25. The first-order valence-corrected chi connectivity index (χ1v) is 16.6. The quantitative estimate of drug-likeness (QED) is 0.195. The smallest absolute Gasteiger partial charge is 0.180 e. The van der Waals surface area contributed by atoms with Crippen LogP contribution in [-0.4, -0.2) is 9.97 Å². The normalized spacial score (nSPS) is 12.0. The maximum atomic E-state index is 6.57. The summed E-state index contributed by atoms with van der Waals surface area (Å²) in [4.78, 5) is 10.2. The predicted molar refractivity (Wildman–Crippen MR) is 195 cm³/mol. The van der Waals surface area contributed by atoms with Gasteiger partial charge in [0.05, 0.1) is 5.39 Å². The molecule has 4 heteroatoms. The summed E-state index contributed by atoms with van der Waals surface area (Å²) in [5, 5.41) is 6.02. The number of rotatable bonds is 5. The van der Waals surface area contributed by atoms with E-state index in [9.17, 15) is 0 Å². The average molecular weight is 611 g/mol. The van der Waals surface area contributed by atoms with E-state index in [0.29, 0.717) is 5.92 Å². The zero-order valence-corrected chi connectivity index (χ0v) is 26.4. The third-order valence-electron chi connectivity index (χ3n) is 8.89. The molecule has 0 atom stereocenters. The predicted octanol–water partition coefficient (Wildman–Crippen LogP) is 12.1. The van der Waals surface area contributed by atoms with Crippen molar-refractivity contribution < 1.29 is 4.42 Å². The third kappa shape index (κ3) is 4.40. The number of aromatic nitrogens is 2. The van der Waals surface area contributed by atoms with Gasteiger partial charge in [-0.15, -0.1) is 11.3 Å². The van der Waals surface area contributed by atoms with Crippen LogP contribution in [0.1, 0.15) is 19.7 Å². The van der Waals surface area contributed by atoms with Gasteiger partial charge in [0.1, 0.15) is 22.6 Å². The number of fused-ring (bicyclic) bond motifs is 8. The third-order valence-corrected chi connectivity index (χ3v) is 10.1. The van der Waals surface area contributed by atoms with E-state index in [-0.39, 0.29) is 0 Å². The van der Waals surface area contributed by atoms with Gasteiger partial charge < -0.3 is 4.42 Å². The zero-order valence-electron chi connectivity index (χ0n) is 25.6. The second kappa shape index (κ2) is 10.6. The molecule has 0 aliphatic heterocycles. The average Bonchev–Trinajstić information content (AvgIpc) is 3.67. The van der Waals surface area contributed by atoms with Crippen molar-refractivity contribution in [1.29, 1.82) is 0 Å². The first kappa shape index (κ1) is 27.0. The van der Waals surface area contributed by atoms with Crippen molar-refractivity contribution >= 4 is 64.4 Å². The van der Waals surface area contributed by atoms with Crippen LogP contribution in [-0.2, 0) is 6.42 Å². The fourth-order valence-corrected chi connectivity index (χ4v) is 8.03. The van der Waals surface area contributed by atoms with Crippen LogP contribution in [0.2, 0.25) is 0 Å². The molecule has 6 aromatic carbocycles. The van der Waals surface area contributed by atoms with Gasteiger partial charge in [0.25, 0.3) is 0 Å². The number of hydrogen-bond donors (Lipinski definition) is 0. The van der Waals surface area contributed by atoms with Crippen molar-refractivity contribution in [2.75, 3.05) is 0 Å². The highest BCUT2D eigenvalue weighted by Gasteiger charge is 2.20. The molecule has 3 aromatic heterocycles. The number of nitrogens with zero attached hydrogens (tertiary/aromatic N) is 2. The summed E-state index contributed by atoms with van der Waals surface area (Å²) < 4.78 is 9.22. The maximum absolute atomic E-state index is 6.57. The first-order chi connectivity index (χ1) is 22.6. The van der Waals surface area contributed by atoms with Crippen molar-refractivity contribution in [3.63, 3.8) is 0 Å². The SMILES string of the molecule is CC(C)Cc1nc(-c2cccc(-c3cccc(-c4cccc5c4sc4ccccc45)c3)c2)c2oc3ccc4ccccc4c3c2n1. The lowest BCUT2D eigenvalue weighted by Gasteiger charge is -2.10. The van der Waals surface area contributed by atoms with Crippen molar-refractivity contribution in [3.05, 3.63) is 133 Å². The first-order valence-electron chi connectivity index (χ1n) is 15.8. The molecule has 0 N–H and O–H groups in total. The minimum absolute atomic E-state index is 0.430. The molecule has 0 bridgehead atoms. The molecule has 0 saturated heterocycles. The van der Waals surface area contributed by atoms with Crippen LogP contribution in [0.3, 0.4) is 0 Å². The Morgan fingerprint density at radius 3 is 2.17 bits per heavy atom. The molecular formula is C42H30N2OS. The molecule has 9 rings (SSSR count). The molecule has 0 unspecified atom stereocenters. The van der Waals surface area contributed by atoms with E-state index < -0.39 is 0 Å². The Morgan fingerprint density at radius 2 is 1.33 bits per heavy atom. The van der Waals surface area contributed by atoms with Crippen molar-refractivity contribution in [2.24, 2.45) is 5.92 Å². The van der Waals surface area contributed by atoms with Crippen LogP contribution in [0.25, 0.3) is 86.5 Å². The van der Waals surface area contributed by atoms with E-state index in [2.05, 4.69) is 141 Å². The minimum Gasteiger partial charge on any atom is -0.452 e. The van der Waals surface area contributed by atoms with Gasteiger partial charge in [-0.3, -0.25) is 0 Å². The lowest BCUT2D eigenvalue weighted by atomic mass is 9.96. The van der Waals surface area contributed by atoms with Gasteiger partial charge in [-0.05, 0) is 63.2 Å². The van der Waals surface area contributed by atoms with Gasteiger partial charge >= 0.3 is 0 Å². The van der Waals surface area contributed by atoms with Gasteiger partial charge in [-0.25, -0.2) is 9.97 Å². The van der Waals surface area contributed by atoms with Gasteiger partial charge in [-0.2, -0.15) is 0 Å². The molecule has 0 fully saturated rings. The highest BCUT2D eigenvalue weighted by Crippen LogP contribution is 2.42. The van der Waals surface area contributed by atoms with Crippen LogP contribution >= 0.6 is 11.3 Å². The minimum atomic E-state index is 0.430. The standard InChI is InChI=1S/C42H30N2OS/c1-25(2)22-37-43-39(41-40(44-37)38-31-15-4-3-10-26(31)20-21-35(38)45-41)30-14-8-12-28(24-30)27-11-7-13-29(23-27)32-17-9-18-34-33-16-5-6-19-36(33)46-42(32)34/h3-21,23-25H,22H2,1-2H3. The number of thiophene rings is 1. The van der Waals surface area contributed by atoms with E-state index in [1.807, 2.05) is 11.3 Å². The summed E-state index contributed by atoms with van der Waals surface area (Å²) in [5.41, 5.74) is 9.12. The molecule has 0 aliphatic rings. The number of benzene rings is 6. The molecule has 3 nitrogen and oxygen atoms in total. The molecule has 46 heavy (non-hydrogen) atoms. The lowest BCUT2D eigenvalue weighted by Crippen LogP contribution is -2.02. The topological polar surface area (TPSA) is 38.9 Å². The Bertz CT molecular complexity index is 2610. The summed E-state index contributed by atoms with van der Waals surface area (Å²) in [6.07, 6.45) is 0.797. The maximum Gasteiger partial charge on any atom is 0.180 e. The van der Waals surface area contributed by atoms with Gasteiger partial charge in [0.15, 0.2) is 5.58 Å². The summed E-state index contributed by atoms with van der Waals surface area (Å²) in [6, 6.07) is 45.5. The molecule has 9 aromatic rings. The summed E-state index contributed by atoms with van der Waals surface area (Å²) in [7, 11) is 0. The van der Waals surface area contributed by atoms with Crippen LogP contribution in [0.4, 0.5) is 0 Å². The van der Waals surface area contributed by atoms with Crippen molar-refractivity contribution in [1.82, 2.24) is 9.97 Å². The molecule has 0 saturated carbocycles. The molecule has 3 heterocycles. The second-order valence-corrected chi connectivity index (χ2v) is 13.5. The highest BCUT2D eigenvalue weighted by atomic mass is 32.1. The highest BCUT2D eigenvalue weighted by molar-refractivity contribution is 7.26.